The maximum atomic E-state index is 13.4. The van der Waals surface area contributed by atoms with E-state index in [0.29, 0.717) is 12.1 Å². The summed E-state index contributed by atoms with van der Waals surface area (Å²) in [5.74, 6) is -1.37. The minimum absolute atomic E-state index is 0.0743. The van der Waals surface area contributed by atoms with E-state index in [9.17, 15) is 13.6 Å². The van der Waals surface area contributed by atoms with Gasteiger partial charge in [-0.1, -0.05) is 12.1 Å². The Morgan fingerprint density at radius 3 is 2.90 bits per heavy atom. The minimum atomic E-state index is -0.858. The largest absolute Gasteiger partial charge is 0.337 e. The zero-order valence-electron chi connectivity index (χ0n) is 16.3. The fourth-order valence-electron chi connectivity index (χ4n) is 3.81. The molecule has 1 aliphatic heterocycles. The van der Waals surface area contributed by atoms with Crippen LogP contribution in [0, 0.1) is 11.6 Å². The van der Waals surface area contributed by atoms with E-state index >= 15 is 0 Å². The van der Waals surface area contributed by atoms with Crippen molar-refractivity contribution in [3.8, 4) is 0 Å². The lowest BCUT2D eigenvalue weighted by Crippen LogP contribution is -2.87. The number of benzene rings is 2. The number of aromatic nitrogens is 1. The molecule has 1 aromatic heterocycles. The Morgan fingerprint density at radius 2 is 2.10 bits per heavy atom. The van der Waals surface area contributed by atoms with Crippen LogP contribution in [0.2, 0.25) is 0 Å². The number of nitrogens with two attached hydrogens (primary N) is 1. The summed E-state index contributed by atoms with van der Waals surface area (Å²) in [6.07, 6.45) is 2.00. The van der Waals surface area contributed by atoms with Crippen LogP contribution in [-0.2, 0) is 4.79 Å². The number of carbonyl (C=O) groups is 1. The van der Waals surface area contributed by atoms with Crippen LogP contribution in [-0.4, -0.2) is 35.4 Å². The average molecular weight is 417 g/mol. The normalized spacial score (nSPS) is 18.2. The monoisotopic (exact) mass is 416 g/mol. The lowest BCUT2D eigenvalue weighted by Gasteiger charge is -2.31. The molecule has 0 aliphatic carbocycles. The van der Waals surface area contributed by atoms with Crippen molar-refractivity contribution in [2.45, 2.75) is 31.7 Å². The van der Waals surface area contributed by atoms with E-state index in [2.05, 4.69) is 6.07 Å². The van der Waals surface area contributed by atoms with Gasteiger partial charge in [0.05, 0.1) is 15.2 Å². The molecule has 3 aromatic rings. The second-order valence-corrected chi connectivity index (χ2v) is 8.66. The van der Waals surface area contributed by atoms with Gasteiger partial charge in [-0.15, -0.1) is 11.3 Å². The highest BCUT2D eigenvalue weighted by Gasteiger charge is 2.28. The van der Waals surface area contributed by atoms with Gasteiger partial charge in [-0.25, -0.2) is 13.8 Å². The topological polar surface area (TPSA) is 49.8 Å². The van der Waals surface area contributed by atoms with Gasteiger partial charge >= 0.3 is 0 Å². The molecule has 29 heavy (non-hydrogen) atoms. The first-order valence-electron chi connectivity index (χ1n) is 9.93. The van der Waals surface area contributed by atoms with E-state index in [1.165, 1.54) is 10.8 Å². The molecule has 4 nitrogen and oxygen atoms in total. The third-order valence-electron chi connectivity index (χ3n) is 5.55. The first-order valence-corrected chi connectivity index (χ1v) is 10.7. The molecule has 152 valence electrons. The number of hydrogen-bond donors (Lipinski definition) is 1. The number of likely N-dealkylation sites (tertiary alicyclic amines) is 1. The summed E-state index contributed by atoms with van der Waals surface area (Å²) >= 11 is 1.71. The number of rotatable bonds is 5. The molecule has 7 heteroatoms. The lowest BCUT2D eigenvalue weighted by molar-refractivity contribution is -0.683. The van der Waals surface area contributed by atoms with Crippen molar-refractivity contribution in [2.75, 3.05) is 19.6 Å². The highest BCUT2D eigenvalue weighted by molar-refractivity contribution is 7.18. The number of nitrogens with zero attached hydrogens (tertiary/aromatic N) is 2. The molecular weight excluding hydrogens is 392 g/mol. The van der Waals surface area contributed by atoms with Crippen molar-refractivity contribution in [1.82, 2.24) is 9.88 Å². The lowest BCUT2D eigenvalue weighted by atomic mass is 9.98. The molecule has 1 amide bonds. The minimum Gasteiger partial charge on any atom is -0.337 e. The Hall–Kier alpha value is -2.38. The van der Waals surface area contributed by atoms with E-state index in [4.69, 9.17) is 4.98 Å². The summed E-state index contributed by atoms with van der Waals surface area (Å²) in [6, 6.07) is 11.9. The molecule has 0 radical (unpaired) electrons. The van der Waals surface area contributed by atoms with Gasteiger partial charge in [-0.05, 0) is 50.1 Å². The molecule has 0 spiro atoms. The van der Waals surface area contributed by atoms with Gasteiger partial charge < -0.3 is 10.2 Å². The number of hydrogen-bond acceptors (Lipinski definition) is 3. The van der Waals surface area contributed by atoms with Crippen LogP contribution < -0.4 is 5.32 Å². The second-order valence-electron chi connectivity index (χ2n) is 7.60. The Morgan fingerprint density at radius 1 is 1.28 bits per heavy atom. The summed E-state index contributed by atoms with van der Waals surface area (Å²) in [6.45, 7) is 3.62. The fraction of sp³-hybridized carbons (Fsp3) is 0.364. The van der Waals surface area contributed by atoms with Gasteiger partial charge in [0.1, 0.15) is 6.04 Å². The Labute approximate surface area is 172 Å². The average Bonchev–Trinajstić information content (AvgIpc) is 3.18. The first kappa shape index (κ1) is 19.9. The summed E-state index contributed by atoms with van der Waals surface area (Å²) in [5.41, 5.74) is 1.69. The number of amides is 1. The van der Waals surface area contributed by atoms with Crippen LogP contribution in [0.15, 0.2) is 42.5 Å². The first-order chi connectivity index (χ1) is 14.0. The van der Waals surface area contributed by atoms with E-state index in [0.717, 1.165) is 36.0 Å². The summed E-state index contributed by atoms with van der Waals surface area (Å²) in [5, 5.41) is 2.97. The molecule has 0 bridgehead atoms. The number of para-hydroxylation sites is 1. The van der Waals surface area contributed by atoms with Gasteiger partial charge in [0.15, 0.2) is 18.2 Å². The fourth-order valence-corrected chi connectivity index (χ4v) is 4.90. The molecule has 4 rings (SSSR count). The number of piperidine rings is 1. The van der Waals surface area contributed by atoms with Gasteiger partial charge in [-0.3, -0.25) is 4.79 Å². The summed E-state index contributed by atoms with van der Waals surface area (Å²) in [4.78, 5) is 19.4. The maximum Gasteiger partial charge on any atom is 0.277 e. The molecular formula is C22H24F2N3OS+. The molecule has 2 N–H and O–H groups in total. The van der Waals surface area contributed by atoms with E-state index in [1.807, 2.05) is 35.3 Å². The van der Waals surface area contributed by atoms with Crippen molar-refractivity contribution in [3.63, 3.8) is 0 Å². The van der Waals surface area contributed by atoms with Crippen LogP contribution in [0.5, 0.6) is 0 Å². The summed E-state index contributed by atoms with van der Waals surface area (Å²) < 4.78 is 27.7. The molecule has 2 aromatic carbocycles. The Balaban J connectivity index is 1.36. The van der Waals surface area contributed by atoms with Crippen LogP contribution in [0.1, 0.15) is 42.3 Å². The molecule has 1 fully saturated rings. The molecule has 1 saturated heterocycles. The quantitative estimate of drug-likeness (QED) is 0.691. The molecule has 1 aliphatic rings. The Kier molecular flexibility index (Phi) is 5.87. The van der Waals surface area contributed by atoms with Crippen LogP contribution in [0.4, 0.5) is 8.78 Å². The van der Waals surface area contributed by atoms with E-state index in [-0.39, 0.29) is 24.4 Å². The van der Waals surface area contributed by atoms with Gasteiger partial charge in [0, 0.05) is 24.6 Å². The zero-order chi connectivity index (χ0) is 20.4. The Bertz CT molecular complexity index is 989. The van der Waals surface area contributed by atoms with Crippen molar-refractivity contribution in [1.29, 1.82) is 0 Å². The predicted molar refractivity (Wildman–Crippen MR) is 110 cm³/mol. The highest BCUT2D eigenvalue weighted by atomic mass is 32.1. The standard InChI is InChI=1S/C22H23F2N3OS/c1-14(15-8-9-17(23)18(24)11-15)25-12-21(28)27-10-4-5-16(13-27)22-26-19-6-2-3-7-20(19)29-22/h2-3,6-9,11,14,16,25H,4-5,10,12-13H2,1H3/p+1/t14-,16+/m1/s1. The molecule has 2 atom stereocenters. The predicted octanol–water partition coefficient (Wildman–Crippen LogP) is 3.61. The van der Waals surface area contributed by atoms with Gasteiger partial charge in [0.25, 0.3) is 5.91 Å². The number of carbonyl (C=O) groups excluding carboxylic acids is 1. The van der Waals surface area contributed by atoms with Crippen molar-refractivity contribution >= 4 is 27.5 Å². The molecule has 0 unspecified atom stereocenters. The third-order valence-corrected chi connectivity index (χ3v) is 6.75. The molecule has 2 heterocycles. The SMILES string of the molecule is C[C@@H]([NH2+]CC(=O)N1CCC[C@H](c2nc3ccccc3s2)C1)c1ccc(F)c(F)c1. The molecule has 0 saturated carbocycles. The van der Waals surface area contributed by atoms with Crippen molar-refractivity contribution in [3.05, 3.63) is 64.7 Å². The van der Waals surface area contributed by atoms with Crippen LogP contribution in [0.3, 0.4) is 0 Å². The van der Waals surface area contributed by atoms with E-state index in [1.54, 1.807) is 17.4 Å². The number of halogens is 2. The van der Waals surface area contributed by atoms with Crippen molar-refractivity contribution < 1.29 is 18.9 Å². The number of thiazole rings is 1. The third kappa shape index (κ3) is 4.46. The van der Waals surface area contributed by atoms with Crippen molar-refractivity contribution in [2.24, 2.45) is 0 Å². The number of quaternary nitrogens is 1. The van der Waals surface area contributed by atoms with Gasteiger partial charge in [0.2, 0.25) is 0 Å². The number of fused-ring (bicyclic) bond motifs is 1. The second kappa shape index (κ2) is 8.55. The van der Waals surface area contributed by atoms with Gasteiger partial charge in [-0.2, -0.15) is 0 Å². The zero-order valence-corrected chi connectivity index (χ0v) is 17.1. The highest BCUT2D eigenvalue weighted by Crippen LogP contribution is 2.32. The van der Waals surface area contributed by atoms with E-state index < -0.39 is 11.6 Å². The van der Waals surface area contributed by atoms with Crippen LogP contribution >= 0.6 is 11.3 Å². The maximum absolute atomic E-state index is 13.4. The smallest absolute Gasteiger partial charge is 0.277 e. The summed E-state index contributed by atoms with van der Waals surface area (Å²) in [7, 11) is 0. The van der Waals surface area contributed by atoms with Crippen LogP contribution in [0.25, 0.3) is 10.2 Å².